The highest BCUT2D eigenvalue weighted by atomic mass is 16.5. The van der Waals surface area contributed by atoms with Crippen molar-refractivity contribution in [1.82, 2.24) is 0 Å². The Morgan fingerprint density at radius 2 is 1.74 bits per heavy atom. The second-order valence-corrected chi connectivity index (χ2v) is 3.70. The maximum absolute atomic E-state index is 11.6. The summed E-state index contributed by atoms with van der Waals surface area (Å²) in [6.07, 6.45) is 0. The second-order valence-electron chi connectivity index (χ2n) is 3.70. The minimum absolute atomic E-state index is 0.174. The molecule has 2 N–H and O–H groups in total. The number of hydrogen-bond donors (Lipinski definition) is 2. The number of para-hydroxylation sites is 1. The third-order valence-corrected chi connectivity index (χ3v) is 2.38. The zero-order chi connectivity index (χ0) is 13.7. The standard InChI is InChI=1S/C13H11N3O3/c17-13(18)10-6-8-11(9-7-10)14-15-16(19)12-4-2-1-3-5-12/h1-9,14H,(H,17,18). The number of hydrogen-bond acceptors (Lipinski definition) is 3. The first-order chi connectivity index (χ1) is 9.16. The topological polar surface area (TPSA) is 87.8 Å². The molecule has 19 heavy (non-hydrogen) atoms. The van der Waals surface area contributed by atoms with Crippen LogP contribution in [0.1, 0.15) is 10.4 Å². The van der Waals surface area contributed by atoms with E-state index in [1.54, 1.807) is 30.3 Å². The van der Waals surface area contributed by atoms with Crippen molar-refractivity contribution >= 4 is 17.3 Å². The summed E-state index contributed by atoms with van der Waals surface area (Å²) in [5.74, 6) is -1.00. The molecular weight excluding hydrogens is 246 g/mol. The van der Waals surface area contributed by atoms with E-state index in [2.05, 4.69) is 10.6 Å². The first-order valence-corrected chi connectivity index (χ1v) is 5.49. The van der Waals surface area contributed by atoms with Gasteiger partial charge in [0.05, 0.1) is 10.8 Å². The highest BCUT2D eigenvalue weighted by Gasteiger charge is 2.03. The van der Waals surface area contributed by atoms with Gasteiger partial charge in [-0.3, -0.25) is 0 Å². The number of rotatable bonds is 4. The van der Waals surface area contributed by atoms with Gasteiger partial charge in [0.25, 0.3) is 0 Å². The maximum Gasteiger partial charge on any atom is 0.335 e. The average molecular weight is 257 g/mol. The van der Waals surface area contributed by atoms with Crippen molar-refractivity contribution in [2.75, 3.05) is 5.43 Å². The predicted molar refractivity (Wildman–Crippen MR) is 69.2 cm³/mol. The Bertz CT molecular complexity index is 594. The summed E-state index contributed by atoms with van der Waals surface area (Å²) in [5.41, 5.74) is 3.66. The number of benzene rings is 2. The van der Waals surface area contributed by atoms with E-state index in [4.69, 9.17) is 5.11 Å². The number of carbonyl (C=O) groups is 1. The van der Waals surface area contributed by atoms with Gasteiger partial charge >= 0.3 is 5.97 Å². The normalized spacial score (nSPS) is 11.1. The molecule has 0 bridgehead atoms. The number of carboxylic acids is 1. The lowest BCUT2D eigenvalue weighted by Crippen LogP contribution is -1.99. The molecule has 0 saturated carbocycles. The molecule has 0 heterocycles. The quantitative estimate of drug-likeness (QED) is 0.500. The van der Waals surface area contributed by atoms with Crippen LogP contribution >= 0.6 is 0 Å². The molecule has 96 valence electrons. The number of nitrogens with one attached hydrogen (secondary N) is 1. The van der Waals surface area contributed by atoms with Crippen molar-refractivity contribution in [3.05, 3.63) is 65.4 Å². The second kappa shape index (κ2) is 5.63. The van der Waals surface area contributed by atoms with E-state index >= 15 is 0 Å². The summed E-state index contributed by atoms with van der Waals surface area (Å²) in [6, 6.07) is 14.5. The van der Waals surface area contributed by atoms with Crippen LogP contribution in [0.25, 0.3) is 0 Å². The van der Waals surface area contributed by atoms with E-state index < -0.39 is 5.97 Å². The third-order valence-electron chi connectivity index (χ3n) is 2.38. The zero-order valence-corrected chi connectivity index (χ0v) is 9.85. The number of aromatic carboxylic acids is 1. The van der Waals surface area contributed by atoms with Gasteiger partial charge < -0.3 is 10.3 Å². The van der Waals surface area contributed by atoms with E-state index in [0.717, 1.165) is 0 Å². The van der Waals surface area contributed by atoms with Gasteiger partial charge in [-0.05, 0) is 36.4 Å². The lowest BCUT2D eigenvalue weighted by Gasteiger charge is -2.04. The molecule has 0 aromatic heterocycles. The minimum atomic E-state index is -1.00. The molecule has 6 nitrogen and oxygen atoms in total. The first-order valence-electron chi connectivity index (χ1n) is 5.49. The van der Waals surface area contributed by atoms with E-state index in [1.807, 2.05) is 0 Å². The van der Waals surface area contributed by atoms with E-state index in [1.165, 1.54) is 24.3 Å². The Morgan fingerprint density at radius 3 is 2.32 bits per heavy atom. The van der Waals surface area contributed by atoms with Crippen LogP contribution in [0.2, 0.25) is 0 Å². The van der Waals surface area contributed by atoms with Crippen molar-refractivity contribution in [3.63, 3.8) is 0 Å². The van der Waals surface area contributed by atoms with Crippen molar-refractivity contribution < 1.29 is 14.8 Å². The molecule has 2 rings (SSSR count). The fourth-order valence-electron chi connectivity index (χ4n) is 1.40. The van der Waals surface area contributed by atoms with Gasteiger partial charge in [0, 0.05) is 0 Å². The Labute approximate surface area is 109 Å². The molecule has 2 aromatic carbocycles. The molecule has 0 aliphatic heterocycles. The Kier molecular flexibility index (Phi) is 3.72. The summed E-state index contributed by atoms with van der Waals surface area (Å²) in [5, 5.41) is 23.9. The molecule has 0 unspecified atom stereocenters. The highest BCUT2D eigenvalue weighted by Crippen LogP contribution is 2.12. The van der Waals surface area contributed by atoms with Crippen LogP contribution in [0.5, 0.6) is 0 Å². The predicted octanol–water partition coefficient (Wildman–Crippen LogP) is 3.01. The summed E-state index contributed by atoms with van der Waals surface area (Å²) in [4.78, 5) is 11.1. The molecule has 0 radical (unpaired) electrons. The zero-order valence-electron chi connectivity index (χ0n) is 9.85. The van der Waals surface area contributed by atoms with Gasteiger partial charge in [-0.15, -0.1) is 10.3 Å². The van der Waals surface area contributed by atoms with Crippen LogP contribution < -0.4 is 5.43 Å². The van der Waals surface area contributed by atoms with Crippen LogP contribution in [-0.4, -0.2) is 15.9 Å². The largest absolute Gasteiger partial charge is 0.691 e. The molecule has 0 aliphatic carbocycles. The number of nitrogens with zero attached hydrogens (tertiary/aromatic N) is 2. The van der Waals surface area contributed by atoms with Gasteiger partial charge in [-0.2, -0.15) is 0 Å². The van der Waals surface area contributed by atoms with Gasteiger partial charge in [-0.1, -0.05) is 18.2 Å². The Balaban J connectivity index is 2.08. The number of carboxylic acid groups (broad SMARTS) is 1. The fraction of sp³-hybridized carbons (Fsp3) is 0. The summed E-state index contributed by atoms with van der Waals surface area (Å²) in [6.45, 7) is 0. The van der Waals surface area contributed by atoms with Crippen molar-refractivity contribution in [1.29, 1.82) is 0 Å². The third kappa shape index (κ3) is 3.29. The summed E-state index contributed by atoms with van der Waals surface area (Å²) >= 11 is 0. The highest BCUT2D eigenvalue weighted by molar-refractivity contribution is 5.87. The van der Waals surface area contributed by atoms with Crippen LogP contribution in [0.3, 0.4) is 0 Å². The molecule has 0 amide bonds. The molecule has 0 fully saturated rings. The van der Waals surface area contributed by atoms with Crippen molar-refractivity contribution in [3.8, 4) is 0 Å². The van der Waals surface area contributed by atoms with Crippen molar-refractivity contribution in [2.45, 2.75) is 0 Å². The van der Waals surface area contributed by atoms with Crippen LogP contribution in [0, 0.1) is 5.21 Å². The lowest BCUT2D eigenvalue weighted by molar-refractivity contribution is -0.439. The van der Waals surface area contributed by atoms with E-state index in [0.29, 0.717) is 16.2 Å². The fourth-order valence-corrected chi connectivity index (χ4v) is 1.40. The summed E-state index contributed by atoms with van der Waals surface area (Å²) in [7, 11) is 0. The van der Waals surface area contributed by atoms with E-state index in [-0.39, 0.29) is 5.56 Å². The number of anilines is 1. The van der Waals surface area contributed by atoms with Crippen LogP contribution in [-0.2, 0) is 0 Å². The Hall–Kier alpha value is -2.89. The summed E-state index contributed by atoms with van der Waals surface area (Å²) < 4.78 is 0. The van der Waals surface area contributed by atoms with Crippen LogP contribution in [0.4, 0.5) is 11.4 Å². The molecule has 6 heteroatoms. The van der Waals surface area contributed by atoms with Gasteiger partial charge in [0.15, 0.2) is 5.69 Å². The maximum atomic E-state index is 11.6. The molecule has 2 aromatic rings. The molecule has 0 saturated heterocycles. The lowest BCUT2D eigenvalue weighted by atomic mass is 10.2. The molecule has 0 spiro atoms. The Morgan fingerprint density at radius 1 is 1.11 bits per heavy atom. The first kappa shape index (κ1) is 12.6. The van der Waals surface area contributed by atoms with Crippen molar-refractivity contribution in [2.24, 2.45) is 5.22 Å². The SMILES string of the molecule is O=C(O)c1ccc(NN=[N+]([O-])c2ccccc2)cc1. The smallest absolute Gasteiger partial charge is 0.335 e. The van der Waals surface area contributed by atoms with Crippen LogP contribution in [0.15, 0.2) is 59.8 Å². The molecular formula is C13H11N3O3. The van der Waals surface area contributed by atoms with E-state index in [9.17, 15) is 10.0 Å². The molecule has 0 atom stereocenters. The minimum Gasteiger partial charge on any atom is -0.691 e. The molecule has 0 aliphatic rings. The monoisotopic (exact) mass is 257 g/mol. The van der Waals surface area contributed by atoms with Gasteiger partial charge in [0.1, 0.15) is 5.69 Å². The average Bonchev–Trinajstić information content (AvgIpc) is 2.46. The van der Waals surface area contributed by atoms with Gasteiger partial charge in [-0.25, -0.2) is 4.79 Å². The van der Waals surface area contributed by atoms with Gasteiger partial charge in [0.2, 0.25) is 0 Å².